The number of aliphatic imine (C=N–C) groups is 1. The van der Waals surface area contributed by atoms with Gasteiger partial charge in [-0.05, 0) is 6.07 Å². The first kappa shape index (κ1) is 12.3. The van der Waals surface area contributed by atoms with E-state index in [0.29, 0.717) is 11.7 Å². The van der Waals surface area contributed by atoms with Gasteiger partial charge in [0.1, 0.15) is 0 Å². The van der Waals surface area contributed by atoms with Gasteiger partial charge in [-0.1, -0.05) is 30.3 Å². The number of benzene rings is 1. The average Bonchev–Trinajstić information content (AvgIpc) is 2.89. The van der Waals surface area contributed by atoms with Crippen molar-refractivity contribution in [1.29, 1.82) is 0 Å². The highest BCUT2D eigenvalue weighted by atomic mass is 15.4. The molecule has 0 aliphatic carbocycles. The van der Waals surface area contributed by atoms with Gasteiger partial charge in [0.05, 0.1) is 12.0 Å². The van der Waals surface area contributed by atoms with Gasteiger partial charge in [0.15, 0.2) is 0 Å². The van der Waals surface area contributed by atoms with Crippen LogP contribution in [-0.2, 0) is 0 Å². The van der Waals surface area contributed by atoms with Crippen LogP contribution in [0.5, 0.6) is 0 Å². The molecule has 2 heterocycles. The predicted octanol–water partition coefficient (Wildman–Crippen LogP) is 2.01. The van der Waals surface area contributed by atoms with Crippen molar-refractivity contribution >= 4 is 18.1 Å². The maximum atomic E-state index is 4.38. The van der Waals surface area contributed by atoms with E-state index in [9.17, 15) is 0 Å². The van der Waals surface area contributed by atoms with Crippen LogP contribution < -0.4 is 0 Å². The molecule has 3 aromatic rings. The van der Waals surface area contributed by atoms with E-state index in [1.807, 2.05) is 55.4 Å². The molecule has 6 heteroatoms. The summed E-state index contributed by atoms with van der Waals surface area (Å²) in [7, 11) is 3.79. The summed E-state index contributed by atoms with van der Waals surface area (Å²) in [6.07, 6.45) is 3.39. The van der Waals surface area contributed by atoms with Crippen LogP contribution >= 0.6 is 0 Å². The second-order valence-corrected chi connectivity index (χ2v) is 4.53. The zero-order valence-corrected chi connectivity index (χ0v) is 11.3. The molecule has 0 aliphatic heterocycles. The minimum absolute atomic E-state index is 0.398. The lowest BCUT2D eigenvalue weighted by molar-refractivity contribution is 0.642. The largest absolute Gasteiger partial charge is 0.369 e. The molecule has 0 atom stereocenters. The van der Waals surface area contributed by atoms with Crippen LogP contribution in [-0.4, -0.2) is 44.9 Å². The average molecular weight is 266 g/mol. The smallest absolute Gasteiger partial charge is 0.272 e. The van der Waals surface area contributed by atoms with Gasteiger partial charge >= 0.3 is 0 Å². The van der Waals surface area contributed by atoms with Crippen molar-refractivity contribution in [3.05, 3.63) is 42.6 Å². The van der Waals surface area contributed by atoms with E-state index in [1.165, 1.54) is 0 Å². The summed E-state index contributed by atoms with van der Waals surface area (Å²) in [5.41, 5.74) is 2.00. The van der Waals surface area contributed by atoms with Gasteiger partial charge < -0.3 is 4.90 Å². The highest BCUT2D eigenvalue weighted by molar-refractivity contribution is 5.62. The fourth-order valence-electron chi connectivity index (χ4n) is 1.83. The summed E-state index contributed by atoms with van der Waals surface area (Å²) in [5, 5.41) is 4.38. The standard InChI is InChI=1S/C14H14N6/c1-19(2)10-16-13-17-14-15-9-8-12(20(14)18-13)11-6-4-3-5-7-11/h3-10H,1-2H3/b16-10+. The summed E-state index contributed by atoms with van der Waals surface area (Å²) in [6, 6.07) is 11.9. The topological polar surface area (TPSA) is 58.7 Å². The number of nitrogens with zero attached hydrogens (tertiary/aromatic N) is 6. The molecule has 0 spiro atoms. The van der Waals surface area contributed by atoms with Gasteiger partial charge in [-0.15, -0.1) is 5.10 Å². The first-order chi connectivity index (χ1) is 9.74. The van der Waals surface area contributed by atoms with Crippen molar-refractivity contribution in [3.63, 3.8) is 0 Å². The Balaban J connectivity index is 2.11. The maximum absolute atomic E-state index is 4.38. The molecule has 0 fully saturated rings. The van der Waals surface area contributed by atoms with E-state index >= 15 is 0 Å². The lowest BCUT2D eigenvalue weighted by atomic mass is 10.1. The monoisotopic (exact) mass is 266 g/mol. The molecule has 0 saturated carbocycles. The summed E-state index contributed by atoms with van der Waals surface area (Å²) in [4.78, 5) is 14.5. The van der Waals surface area contributed by atoms with Gasteiger partial charge in [0, 0.05) is 25.9 Å². The molecule has 100 valence electrons. The van der Waals surface area contributed by atoms with Crippen molar-refractivity contribution in [2.75, 3.05) is 14.1 Å². The highest BCUT2D eigenvalue weighted by Gasteiger charge is 2.08. The first-order valence-electron chi connectivity index (χ1n) is 6.22. The number of hydrogen-bond donors (Lipinski definition) is 0. The van der Waals surface area contributed by atoms with Gasteiger partial charge in [-0.25, -0.2) is 9.98 Å². The Hall–Kier alpha value is -2.76. The normalized spacial score (nSPS) is 11.3. The van der Waals surface area contributed by atoms with Gasteiger partial charge in [-0.3, -0.25) is 0 Å². The van der Waals surface area contributed by atoms with Crippen LogP contribution in [0.25, 0.3) is 17.0 Å². The zero-order chi connectivity index (χ0) is 13.9. The Morgan fingerprint density at radius 1 is 1.15 bits per heavy atom. The fourth-order valence-corrected chi connectivity index (χ4v) is 1.83. The van der Waals surface area contributed by atoms with Crippen molar-refractivity contribution < 1.29 is 0 Å². The minimum atomic E-state index is 0.398. The third-order valence-electron chi connectivity index (χ3n) is 2.70. The second kappa shape index (κ2) is 5.08. The van der Waals surface area contributed by atoms with Crippen LogP contribution in [0, 0.1) is 0 Å². The first-order valence-corrected chi connectivity index (χ1v) is 6.22. The van der Waals surface area contributed by atoms with E-state index in [0.717, 1.165) is 11.3 Å². The summed E-state index contributed by atoms with van der Waals surface area (Å²) in [6.45, 7) is 0. The minimum Gasteiger partial charge on any atom is -0.369 e. The van der Waals surface area contributed by atoms with E-state index in [4.69, 9.17) is 0 Å². The molecule has 0 radical (unpaired) electrons. The predicted molar refractivity (Wildman–Crippen MR) is 78.1 cm³/mol. The Morgan fingerprint density at radius 2 is 1.95 bits per heavy atom. The molecule has 1 aromatic carbocycles. The third kappa shape index (κ3) is 2.35. The molecule has 0 saturated heterocycles. The van der Waals surface area contributed by atoms with Crippen molar-refractivity contribution in [2.24, 2.45) is 4.99 Å². The lowest BCUT2D eigenvalue weighted by Crippen LogP contribution is -2.07. The summed E-state index contributed by atoms with van der Waals surface area (Å²) >= 11 is 0. The third-order valence-corrected chi connectivity index (χ3v) is 2.70. The quantitative estimate of drug-likeness (QED) is 0.537. The summed E-state index contributed by atoms with van der Waals surface area (Å²) in [5.74, 6) is 0.937. The molecular formula is C14H14N6. The highest BCUT2D eigenvalue weighted by Crippen LogP contribution is 2.19. The summed E-state index contributed by atoms with van der Waals surface area (Å²) < 4.78 is 1.71. The maximum Gasteiger partial charge on any atom is 0.272 e. The Kier molecular flexibility index (Phi) is 3.12. The second-order valence-electron chi connectivity index (χ2n) is 4.53. The van der Waals surface area contributed by atoms with Crippen LogP contribution in [0.4, 0.5) is 5.95 Å². The molecule has 20 heavy (non-hydrogen) atoms. The van der Waals surface area contributed by atoms with Crippen molar-refractivity contribution in [3.8, 4) is 11.3 Å². The molecule has 0 N–H and O–H groups in total. The van der Waals surface area contributed by atoms with Crippen LogP contribution in [0.15, 0.2) is 47.6 Å². The Labute approximate surface area is 116 Å². The number of rotatable bonds is 3. The molecule has 3 rings (SSSR count). The molecule has 2 aromatic heterocycles. The van der Waals surface area contributed by atoms with Gasteiger partial charge in [0.2, 0.25) is 0 Å². The molecule has 0 unspecified atom stereocenters. The zero-order valence-electron chi connectivity index (χ0n) is 11.3. The SMILES string of the molecule is CN(C)/C=N/c1nc2nccc(-c3ccccc3)n2n1. The number of hydrogen-bond acceptors (Lipinski definition) is 4. The Morgan fingerprint density at radius 3 is 2.70 bits per heavy atom. The van der Waals surface area contributed by atoms with Crippen molar-refractivity contribution in [1.82, 2.24) is 24.5 Å². The van der Waals surface area contributed by atoms with Crippen LogP contribution in [0.1, 0.15) is 0 Å². The van der Waals surface area contributed by atoms with E-state index in [2.05, 4.69) is 20.1 Å². The molecule has 0 aliphatic rings. The lowest BCUT2D eigenvalue weighted by Gasteiger charge is -2.02. The molecule has 6 nitrogen and oxygen atoms in total. The fraction of sp³-hybridized carbons (Fsp3) is 0.143. The molecular weight excluding hydrogens is 252 g/mol. The number of fused-ring (bicyclic) bond motifs is 1. The van der Waals surface area contributed by atoms with E-state index in [1.54, 1.807) is 17.1 Å². The molecule has 0 amide bonds. The van der Waals surface area contributed by atoms with Crippen molar-refractivity contribution in [2.45, 2.75) is 0 Å². The van der Waals surface area contributed by atoms with Crippen LogP contribution in [0.3, 0.4) is 0 Å². The molecule has 0 bridgehead atoms. The van der Waals surface area contributed by atoms with Gasteiger partial charge in [0.25, 0.3) is 11.7 Å². The number of aromatic nitrogens is 4. The van der Waals surface area contributed by atoms with Crippen LogP contribution in [0.2, 0.25) is 0 Å². The van der Waals surface area contributed by atoms with E-state index < -0.39 is 0 Å². The van der Waals surface area contributed by atoms with Gasteiger partial charge in [-0.2, -0.15) is 9.50 Å². The van der Waals surface area contributed by atoms with E-state index in [-0.39, 0.29) is 0 Å². The Bertz CT molecular complexity index is 745.